The molecule has 1 aromatic rings. The molecule has 0 unspecified atom stereocenters. The Morgan fingerprint density at radius 1 is 0.882 bits per heavy atom. The Bertz CT molecular complexity index is 404. The van der Waals surface area contributed by atoms with Gasteiger partial charge in [-0.3, -0.25) is 0 Å². The first-order valence-electron chi connectivity index (χ1n) is 7.20. The summed E-state index contributed by atoms with van der Waals surface area (Å²) < 4.78 is 0. The summed E-state index contributed by atoms with van der Waals surface area (Å²) >= 11 is 0. The lowest BCUT2D eigenvalue weighted by Gasteiger charge is -2.47. The Hall–Kier alpha value is -0.780. The third-order valence-corrected chi connectivity index (χ3v) is 5.25. The maximum Gasteiger partial charge on any atom is -0.00437 e. The highest BCUT2D eigenvalue weighted by Gasteiger charge is 2.41. The Labute approximate surface area is 105 Å². The molecule has 0 heterocycles. The van der Waals surface area contributed by atoms with Gasteiger partial charge < -0.3 is 0 Å². The number of rotatable bonds is 0. The van der Waals surface area contributed by atoms with Gasteiger partial charge >= 0.3 is 0 Å². The summed E-state index contributed by atoms with van der Waals surface area (Å²) in [5, 5.41) is 0. The highest BCUT2D eigenvalue weighted by molar-refractivity contribution is 5.37. The van der Waals surface area contributed by atoms with Crippen molar-refractivity contribution in [2.24, 2.45) is 5.41 Å². The maximum atomic E-state index is 2.44. The first kappa shape index (κ1) is 11.3. The average molecular weight is 228 g/mol. The van der Waals surface area contributed by atoms with E-state index in [1.54, 1.807) is 11.1 Å². The normalized spacial score (nSPS) is 25.5. The van der Waals surface area contributed by atoms with Crippen LogP contribution in [0.5, 0.6) is 0 Å². The van der Waals surface area contributed by atoms with Crippen molar-refractivity contribution in [3.8, 4) is 0 Å². The van der Waals surface area contributed by atoms with Crippen LogP contribution in [0.3, 0.4) is 0 Å². The van der Waals surface area contributed by atoms with Crippen LogP contribution in [0.15, 0.2) is 24.3 Å². The topological polar surface area (TPSA) is 0 Å². The fourth-order valence-electron chi connectivity index (χ4n) is 3.93. The monoisotopic (exact) mass is 228 g/mol. The van der Waals surface area contributed by atoms with Gasteiger partial charge in [-0.1, -0.05) is 38.1 Å². The van der Waals surface area contributed by atoms with Crippen molar-refractivity contribution in [1.82, 2.24) is 0 Å². The van der Waals surface area contributed by atoms with Crippen molar-refractivity contribution in [2.75, 3.05) is 0 Å². The molecule has 0 N–H and O–H groups in total. The van der Waals surface area contributed by atoms with Crippen LogP contribution in [0, 0.1) is 5.41 Å². The van der Waals surface area contributed by atoms with Gasteiger partial charge in [0.05, 0.1) is 0 Å². The van der Waals surface area contributed by atoms with E-state index in [4.69, 9.17) is 0 Å². The van der Waals surface area contributed by atoms with Gasteiger partial charge in [0.1, 0.15) is 0 Å². The summed E-state index contributed by atoms with van der Waals surface area (Å²) in [5.41, 5.74) is 4.46. The minimum atomic E-state index is 0.546. The van der Waals surface area contributed by atoms with Gasteiger partial charge in [0.2, 0.25) is 0 Å². The van der Waals surface area contributed by atoms with E-state index in [1.807, 2.05) is 0 Å². The predicted molar refractivity (Wildman–Crippen MR) is 73.3 cm³/mol. The molecular weight excluding hydrogens is 204 g/mol. The molecule has 0 bridgehead atoms. The summed E-state index contributed by atoms with van der Waals surface area (Å²) in [6.07, 6.45) is 9.77. The van der Waals surface area contributed by atoms with E-state index >= 15 is 0 Å². The van der Waals surface area contributed by atoms with Gasteiger partial charge in [0, 0.05) is 0 Å². The van der Waals surface area contributed by atoms with Gasteiger partial charge in [-0.15, -0.1) is 0 Å². The van der Waals surface area contributed by atoms with Crippen molar-refractivity contribution in [3.63, 3.8) is 0 Å². The number of aryl methyl sites for hydroxylation is 1. The van der Waals surface area contributed by atoms with Crippen LogP contribution in [-0.4, -0.2) is 0 Å². The Morgan fingerprint density at radius 2 is 1.59 bits per heavy atom. The zero-order valence-corrected chi connectivity index (χ0v) is 11.3. The first-order chi connectivity index (χ1) is 8.11. The van der Waals surface area contributed by atoms with E-state index in [0.717, 1.165) is 0 Å². The van der Waals surface area contributed by atoms with Crippen molar-refractivity contribution in [3.05, 3.63) is 35.4 Å². The van der Waals surface area contributed by atoms with E-state index in [-0.39, 0.29) is 0 Å². The highest BCUT2D eigenvalue weighted by atomic mass is 14.5. The molecule has 0 aromatic heterocycles. The summed E-state index contributed by atoms with van der Waals surface area (Å²) in [6, 6.07) is 9.22. The summed E-state index contributed by atoms with van der Waals surface area (Å²) in [5.74, 6) is 0. The third-order valence-electron chi connectivity index (χ3n) is 5.25. The lowest BCUT2D eigenvalue weighted by Crippen LogP contribution is -2.37. The molecule has 3 rings (SSSR count). The summed E-state index contributed by atoms with van der Waals surface area (Å²) in [6.45, 7) is 4.88. The van der Waals surface area contributed by atoms with E-state index in [0.29, 0.717) is 10.8 Å². The second-order valence-electron chi connectivity index (χ2n) is 6.96. The van der Waals surface area contributed by atoms with Crippen molar-refractivity contribution in [2.45, 2.75) is 64.2 Å². The highest BCUT2D eigenvalue weighted by Crippen LogP contribution is 2.51. The maximum absolute atomic E-state index is 2.44. The number of benzene rings is 1. The minimum Gasteiger partial charge on any atom is -0.0620 e. The van der Waals surface area contributed by atoms with Crippen LogP contribution in [0.25, 0.3) is 0 Å². The van der Waals surface area contributed by atoms with Crippen LogP contribution in [0.1, 0.15) is 63.5 Å². The quantitative estimate of drug-likeness (QED) is 0.595. The molecule has 0 atom stereocenters. The standard InChI is InChI=1S/C17H24/c1-16(2)10-12-17(13-11-16)9-5-7-14-6-3-4-8-15(14)17/h3-4,6,8H,5,7,9-13H2,1-2H3. The van der Waals surface area contributed by atoms with Gasteiger partial charge in [-0.05, 0) is 66.9 Å². The van der Waals surface area contributed by atoms with Crippen LogP contribution < -0.4 is 0 Å². The molecule has 2 aliphatic rings. The molecule has 0 nitrogen and oxygen atoms in total. The molecule has 0 saturated heterocycles. The Morgan fingerprint density at radius 3 is 2.35 bits per heavy atom. The summed E-state index contributed by atoms with van der Waals surface area (Å²) in [7, 11) is 0. The van der Waals surface area contributed by atoms with Crippen molar-refractivity contribution >= 4 is 0 Å². The molecule has 1 saturated carbocycles. The molecule has 92 valence electrons. The zero-order chi connectivity index (χ0) is 11.9. The molecule has 2 aliphatic carbocycles. The minimum absolute atomic E-state index is 0.546. The number of fused-ring (bicyclic) bond motifs is 2. The second kappa shape index (κ2) is 3.86. The third kappa shape index (κ3) is 1.92. The molecule has 0 amide bonds. The van der Waals surface area contributed by atoms with E-state index < -0.39 is 0 Å². The number of hydrogen-bond acceptors (Lipinski definition) is 0. The van der Waals surface area contributed by atoms with Crippen molar-refractivity contribution in [1.29, 1.82) is 0 Å². The van der Waals surface area contributed by atoms with E-state index in [9.17, 15) is 0 Å². The summed E-state index contributed by atoms with van der Waals surface area (Å²) in [4.78, 5) is 0. The van der Waals surface area contributed by atoms with Crippen LogP contribution in [0.2, 0.25) is 0 Å². The fourth-order valence-corrected chi connectivity index (χ4v) is 3.93. The van der Waals surface area contributed by atoms with Gasteiger partial charge in [-0.25, -0.2) is 0 Å². The largest absolute Gasteiger partial charge is 0.0620 e. The second-order valence-corrected chi connectivity index (χ2v) is 6.96. The van der Waals surface area contributed by atoms with E-state index in [1.165, 1.54) is 44.9 Å². The molecule has 1 spiro atoms. The van der Waals surface area contributed by atoms with Gasteiger partial charge in [0.25, 0.3) is 0 Å². The Kier molecular flexibility index (Phi) is 2.57. The van der Waals surface area contributed by atoms with Crippen LogP contribution >= 0.6 is 0 Å². The first-order valence-corrected chi connectivity index (χ1v) is 7.20. The van der Waals surface area contributed by atoms with Gasteiger partial charge in [-0.2, -0.15) is 0 Å². The molecule has 0 aliphatic heterocycles. The van der Waals surface area contributed by atoms with E-state index in [2.05, 4.69) is 38.1 Å². The van der Waals surface area contributed by atoms with Crippen LogP contribution in [-0.2, 0) is 11.8 Å². The fraction of sp³-hybridized carbons (Fsp3) is 0.647. The SMILES string of the molecule is CC1(C)CCC2(CCCc3ccccc32)CC1. The number of hydrogen-bond donors (Lipinski definition) is 0. The lowest BCUT2D eigenvalue weighted by atomic mass is 9.58. The molecular formula is C17H24. The lowest BCUT2D eigenvalue weighted by molar-refractivity contribution is 0.146. The molecule has 0 radical (unpaired) electrons. The smallest absolute Gasteiger partial charge is 0.00437 e. The Balaban J connectivity index is 1.95. The molecule has 1 aromatic carbocycles. The van der Waals surface area contributed by atoms with Gasteiger partial charge in [0.15, 0.2) is 0 Å². The average Bonchev–Trinajstić information content (AvgIpc) is 2.34. The molecule has 0 heteroatoms. The van der Waals surface area contributed by atoms with Crippen molar-refractivity contribution < 1.29 is 0 Å². The zero-order valence-electron chi connectivity index (χ0n) is 11.3. The molecule has 1 fully saturated rings. The predicted octanol–water partition coefficient (Wildman–Crippen LogP) is 4.86. The molecule has 17 heavy (non-hydrogen) atoms. The van der Waals surface area contributed by atoms with Crippen LogP contribution in [0.4, 0.5) is 0 Å².